The van der Waals surface area contributed by atoms with E-state index >= 15 is 0 Å². The van der Waals surface area contributed by atoms with Gasteiger partial charge in [-0.25, -0.2) is 4.98 Å². The second kappa shape index (κ2) is 4.94. The van der Waals surface area contributed by atoms with Crippen LogP contribution in [0.1, 0.15) is 30.3 Å². The molecule has 5 heteroatoms. The molecule has 0 aliphatic rings. The molecule has 1 unspecified atom stereocenters. The summed E-state index contributed by atoms with van der Waals surface area (Å²) in [6, 6.07) is 1.94. The first kappa shape index (κ1) is 12.8. The number of nitrogens with zero attached hydrogens (tertiary/aromatic N) is 1. The van der Waals surface area contributed by atoms with E-state index in [1.54, 1.807) is 0 Å². The van der Waals surface area contributed by atoms with Gasteiger partial charge < -0.3 is 10.1 Å². The van der Waals surface area contributed by atoms with Crippen molar-refractivity contribution in [2.45, 2.75) is 26.7 Å². The van der Waals surface area contributed by atoms with Crippen LogP contribution in [-0.2, 0) is 4.79 Å². The van der Waals surface area contributed by atoms with Crippen molar-refractivity contribution in [2.24, 2.45) is 5.92 Å². The molecule has 0 aliphatic heterocycles. The highest BCUT2D eigenvalue weighted by Gasteiger charge is 2.28. The van der Waals surface area contributed by atoms with Crippen LogP contribution in [0.3, 0.4) is 0 Å². The molecule has 2 aromatic rings. The van der Waals surface area contributed by atoms with Crippen molar-refractivity contribution < 1.29 is 9.90 Å². The second-order valence-electron chi connectivity index (χ2n) is 4.63. The molecule has 0 radical (unpaired) electrons. The van der Waals surface area contributed by atoms with Gasteiger partial charge in [-0.3, -0.25) is 4.79 Å². The molecule has 0 amide bonds. The predicted molar refractivity (Wildman–Crippen MR) is 71.9 cm³/mol. The van der Waals surface area contributed by atoms with Crippen molar-refractivity contribution in [3.05, 3.63) is 29.0 Å². The van der Waals surface area contributed by atoms with Crippen LogP contribution in [0.4, 0.5) is 0 Å². The molecule has 0 saturated carbocycles. The zero-order valence-corrected chi connectivity index (χ0v) is 11.4. The molecular weight excluding hydrogens is 248 g/mol. The number of H-pyrrole nitrogens is 1. The topological polar surface area (TPSA) is 66.0 Å². The highest BCUT2D eigenvalue weighted by molar-refractivity contribution is 7.15. The second-order valence-corrected chi connectivity index (χ2v) is 5.66. The average molecular weight is 264 g/mol. The van der Waals surface area contributed by atoms with Gasteiger partial charge in [0.25, 0.3) is 0 Å². The Balaban J connectivity index is 2.43. The number of carboxylic acids is 1. The summed E-state index contributed by atoms with van der Waals surface area (Å²) in [7, 11) is 0. The smallest absolute Gasteiger partial charge is 0.312 e. The van der Waals surface area contributed by atoms with Gasteiger partial charge in [-0.15, -0.1) is 11.3 Å². The lowest BCUT2D eigenvalue weighted by atomic mass is 9.93. The van der Waals surface area contributed by atoms with Gasteiger partial charge in [0.05, 0.1) is 11.6 Å². The summed E-state index contributed by atoms with van der Waals surface area (Å²) in [6.07, 6.45) is 3.70. The minimum atomic E-state index is -0.780. The monoisotopic (exact) mass is 264 g/mol. The molecule has 0 saturated heterocycles. The zero-order chi connectivity index (χ0) is 13.3. The van der Waals surface area contributed by atoms with E-state index in [0.29, 0.717) is 0 Å². The number of rotatable bonds is 4. The number of nitrogens with one attached hydrogen (secondary N) is 1. The van der Waals surface area contributed by atoms with Gasteiger partial charge in [0.1, 0.15) is 5.01 Å². The minimum absolute atomic E-state index is 0.0562. The molecule has 2 rings (SSSR count). The van der Waals surface area contributed by atoms with E-state index < -0.39 is 11.9 Å². The van der Waals surface area contributed by atoms with Crippen LogP contribution in [0, 0.1) is 12.8 Å². The third-order valence-electron chi connectivity index (χ3n) is 2.89. The molecule has 2 heterocycles. The number of thiazole rings is 1. The Kier molecular flexibility index (Phi) is 3.52. The lowest BCUT2D eigenvalue weighted by Crippen LogP contribution is -2.17. The van der Waals surface area contributed by atoms with Crippen LogP contribution >= 0.6 is 11.3 Å². The maximum Gasteiger partial charge on any atom is 0.312 e. The maximum absolute atomic E-state index is 11.4. The summed E-state index contributed by atoms with van der Waals surface area (Å²) in [6.45, 7) is 5.72. The number of aromatic amines is 1. The molecule has 0 bridgehead atoms. The van der Waals surface area contributed by atoms with Crippen molar-refractivity contribution in [1.29, 1.82) is 0 Å². The Morgan fingerprint density at radius 1 is 1.50 bits per heavy atom. The standard InChI is InChI=1S/C13H16N2O2S/c1-7(2)10(13(16)17)11-8(3)15-12(18-11)9-4-5-14-6-9/h4-7,10,14H,1-3H3,(H,16,17). The van der Waals surface area contributed by atoms with E-state index in [2.05, 4.69) is 9.97 Å². The third kappa shape index (κ3) is 2.31. The fraction of sp³-hybridized carbons (Fsp3) is 0.385. The van der Waals surface area contributed by atoms with E-state index in [0.717, 1.165) is 21.1 Å². The molecule has 0 aliphatic carbocycles. The van der Waals surface area contributed by atoms with Gasteiger partial charge in [-0.1, -0.05) is 13.8 Å². The molecule has 0 aromatic carbocycles. The van der Waals surface area contributed by atoms with E-state index in [1.807, 2.05) is 39.2 Å². The summed E-state index contributed by atoms with van der Waals surface area (Å²) >= 11 is 1.47. The van der Waals surface area contributed by atoms with Crippen molar-refractivity contribution in [3.8, 4) is 10.6 Å². The van der Waals surface area contributed by atoms with Crippen LogP contribution in [-0.4, -0.2) is 21.0 Å². The number of hydrogen-bond donors (Lipinski definition) is 2. The summed E-state index contributed by atoms with van der Waals surface area (Å²) in [4.78, 5) is 19.7. The number of carboxylic acid groups (broad SMARTS) is 1. The normalized spacial score (nSPS) is 12.9. The third-order valence-corrected chi connectivity index (χ3v) is 4.18. The van der Waals surface area contributed by atoms with Crippen molar-refractivity contribution >= 4 is 17.3 Å². The molecule has 18 heavy (non-hydrogen) atoms. The number of aryl methyl sites for hydroxylation is 1. The van der Waals surface area contributed by atoms with Gasteiger partial charge in [-0.05, 0) is 18.9 Å². The van der Waals surface area contributed by atoms with Crippen LogP contribution in [0.2, 0.25) is 0 Å². The molecule has 96 valence electrons. The largest absolute Gasteiger partial charge is 0.481 e. The first-order valence-corrected chi connectivity index (χ1v) is 6.65. The van der Waals surface area contributed by atoms with Gasteiger partial charge in [0.15, 0.2) is 0 Å². The first-order valence-electron chi connectivity index (χ1n) is 5.84. The van der Waals surface area contributed by atoms with Gasteiger partial charge in [0.2, 0.25) is 0 Å². The van der Waals surface area contributed by atoms with E-state index in [-0.39, 0.29) is 5.92 Å². The summed E-state index contributed by atoms with van der Waals surface area (Å²) in [5.74, 6) is -1.20. The minimum Gasteiger partial charge on any atom is -0.481 e. The highest BCUT2D eigenvalue weighted by Crippen LogP contribution is 2.36. The molecule has 1 atom stereocenters. The SMILES string of the molecule is Cc1nc(-c2cc[nH]c2)sc1C(C(=O)O)C(C)C. The van der Waals surface area contributed by atoms with Gasteiger partial charge in [0, 0.05) is 22.8 Å². The van der Waals surface area contributed by atoms with Gasteiger partial charge >= 0.3 is 5.97 Å². The van der Waals surface area contributed by atoms with Crippen molar-refractivity contribution in [1.82, 2.24) is 9.97 Å². The Morgan fingerprint density at radius 3 is 2.72 bits per heavy atom. The average Bonchev–Trinajstić information content (AvgIpc) is 2.87. The maximum atomic E-state index is 11.4. The van der Waals surface area contributed by atoms with Gasteiger partial charge in [-0.2, -0.15) is 0 Å². The van der Waals surface area contributed by atoms with Crippen LogP contribution in [0.25, 0.3) is 10.6 Å². The molecule has 0 fully saturated rings. The van der Waals surface area contributed by atoms with Crippen LogP contribution < -0.4 is 0 Å². The predicted octanol–water partition coefficient (Wildman–Crippen LogP) is 3.27. The Bertz CT molecular complexity index is 543. The van der Waals surface area contributed by atoms with Crippen LogP contribution in [0.15, 0.2) is 18.5 Å². The molecule has 2 N–H and O–H groups in total. The molecule has 4 nitrogen and oxygen atoms in total. The van der Waals surface area contributed by atoms with Crippen molar-refractivity contribution in [2.75, 3.05) is 0 Å². The number of aliphatic carboxylic acids is 1. The quantitative estimate of drug-likeness (QED) is 0.890. The fourth-order valence-corrected chi connectivity index (χ4v) is 3.31. The lowest BCUT2D eigenvalue weighted by molar-refractivity contribution is -0.139. The van der Waals surface area contributed by atoms with Crippen LogP contribution in [0.5, 0.6) is 0 Å². The summed E-state index contributed by atoms with van der Waals surface area (Å²) in [5.41, 5.74) is 1.82. The lowest BCUT2D eigenvalue weighted by Gasteiger charge is -2.14. The van der Waals surface area contributed by atoms with E-state index in [4.69, 9.17) is 0 Å². The van der Waals surface area contributed by atoms with Crippen molar-refractivity contribution in [3.63, 3.8) is 0 Å². The number of carbonyl (C=O) groups is 1. The Hall–Kier alpha value is -1.62. The summed E-state index contributed by atoms with van der Waals surface area (Å²) < 4.78 is 0. The number of aromatic nitrogens is 2. The zero-order valence-electron chi connectivity index (χ0n) is 10.6. The first-order chi connectivity index (χ1) is 8.50. The number of hydrogen-bond acceptors (Lipinski definition) is 3. The molecule has 2 aromatic heterocycles. The molecule has 0 spiro atoms. The Morgan fingerprint density at radius 2 is 2.22 bits per heavy atom. The van der Waals surface area contributed by atoms with E-state index in [9.17, 15) is 9.90 Å². The Labute approximate surface area is 110 Å². The highest BCUT2D eigenvalue weighted by atomic mass is 32.1. The molecular formula is C13H16N2O2S. The van der Waals surface area contributed by atoms with E-state index in [1.165, 1.54) is 11.3 Å². The summed E-state index contributed by atoms with van der Waals surface area (Å²) in [5, 5.41) is 10.2. The fourth-order valence-electron chi connectivity index (χ4n) is 1.98.